The zero-order chi connectivity index (χ0) is 22.7. The van der Waals surface area contributed by atoms with Crippen LogP contribution in [0.1, 0.15) is 59.1 Å². The van der Waals surface area contributed by atoms with Crippen LogP contribution in [0, 0.1) is 25.2 Å². The molecule has 1 aliphatic heterocycles. The summed E-state index contributed by atoms with van der Waals surface area (Å²) < 4.78 is 11.3. The van der Waals surface area contributed by atoms with Crippen LogP contribution in [0.5, 0.6) is 5.88 Å². The summed E-state index contributed by atoms with van der Waals surface area (Å²) in [4.78, 5) is 31.3. The van der Waals surface area contributed by atoms with E-state index < -0.39 is 11.0 Å². The highest BCUT2D eigenvalue weighted by atomic mass is 16.6. The van der Waals surface area contributed by atoms with Crippen LogP contribution < -0.4 is 10.1 Å². The number of nitrogens with one attached hydrogen (secondary N) is 1. The molecule has 0 radical (unpaired) electrons. The molecule has 0 aromatic carbocycles. The number of nitrogens with zero attached hydrogens (tertiary/aromatic N) is 2. The number of aryl methyl sites for hydroxylation is 2. The summed E-state index contributed by atoms with van der Waals surface area (Å²) in [7, 11) is 0. The van der Waals surface area contributed by atoms with Crippen LogP contribution in [0.4, 0.5) is 4.79 Å². The molecule has 2 amide bonds. The van der Waals surface area contributed by atoms with Crippen molar-refractivity contribution < 1.29 is 19.1 Å². The zero-order valence-electron chi connectivity index (χ0n) is 19.7. The van der Waals surface area contributed by atoms with Gasteiger partial charge in [-0.1, -0.05) is 6.92 Å². The Hall–Kier alpha value is -2.31. The average Bonchev–Trinajstić information content (AvgIpc) is 2.61. The number of aromatic nitrogens is 1. The van der Waals surface area contributed by atoms with Gasteiger partial charge in [-0.2, -0.15) is 0 Å². The van der Waals surface area contributed by atoms with Crippen molar-refractivity contribution in [3.8, 4) is 5.88 Å². The Labute approximate surface area is 180 Å². The fraction of sp³-hybridized carbons (Fsp3) is 0.696. The molecule has 0 bridgehead atoms. The van der Waals surface area contributed by atoms with Gasteiger partial charge in [0.05, 0.1) is 5.41 Å². The van der Waals surface area contributed by atoms with E-state index in [1.54, 1.807) is 11.1 Å². The van der Waals surface area contributed by atoms with Gasteiger partial charge < -0.3 is 19.7 Å². The fourth-order valence-corrected chi connectivity index (χ4v) is 3.38. The Morgan fingerprint density at radius 2 is 1.90 bits per heavy atom. The molecule has 1 fully saturated rings. The van der Waals surface area contributed by atoms with Crippen molar-refractivity contribution in [1.82, 2.24) is 15.2 Å². The standard InChI is InChI=1S/C23H37N3O4/c1-15-11-16(2)19(24-12-15)29-14-23(7,8)20(27)25-18-9-10-26(13-17(18)3)21(28)30-22(4,5)6/h11-12,17-18H,9-10,13-14H2,1-8H3,(H,25,27). The molecule has 2 heterocycles. The second-order valence-electron chi connectivity index (χ2n) is 10.1. The molecule has 1 saturated heterocycles. The molecule has 168 valence electrons. The summed E-state index contributed by atoms with van der Waals surface area (Å²) in [6.07, 6.45) is 2.16. The van der Waals surface area contributed by atoms with Gasteiger partial charge in [0.15, 0.2) is 0 Å². The molecule has 2 atom stereocenters. The second-order valence-corrected chi connectivity index (χ2v) is 10.1. The lowest BCUT2D eigenvalue weighted by atomic mass is 9.89. The summed E-state index contributed by atoms with van der Waals surface area (Å²) in [5, 5.41) is 3.16. The summed E-state index contributed by atoms with van der Waals surface area (Å²) >= 11 is 0. The Bertz CT molecular complexity index is 770. The minimum absolute atomic E-state index is 0.00898. The van der Waals surface area contributed by atoms with E-state index in [1.165, 1.54) is 0 Å². The van der Waals surface area contributed by atoms with Crippen LogP contribution in [-0.4, -0.2) is 53.2 Å². The molecule has 1 N–H and O–H groups in total. The monoisotopic (exact) mass is 419 g/mol. The van der Waals surface area contributed by atoms with Crippen LogP contribution >= 0.6 is 0 Å². The van der Waals surface area contributed by atoms with E-state index >= 15 is 0 Å². The van der Waals surface area contributed by atoms with Crippen LogP contribution in [0.25, 0.3) is 0 Å². The predicted octanol–water partition coefficient (Wildman–Crippen LogP) is 3.87. The van der Waals surface area contributed by atoms with E-state index in [0.717, 1.165) is 11.1 Å². The van der Waals surface area contributed by atoms with Crippen molar-refractivity contribution in [2.45, 2.75) is 73.5 Å². The molecular formula is C23H37N3O4. The number of hydrogen-bond donors (Lipinski definition) is 1. The van der Waals surface area contributed by atoms with Crippen LogP contribution in [0.15, 0.2) is 12.3 Å². The number of amides is 2. The van der Waals surface area contributed by atoms with Gasteiger partial charge in [0.2, 0.25) is 11.8 Å². The molecule has 30 heavy (non-hydrogen) atoms. The van der Waals surface area contributed by atoms with Gasteiger partial charge >= 0.3 is 6.09 Å². The highest BCUT2D eigenvalue weighted by Gasteiger charge is 2.36. The molecule has 1 aromatic heterocycles. The Morgan fingerprint density at radius 1 is 1.23 bits per heavy atom. The van der Waals surface area contributed by atoms with E-state index in [2.05, 4.69) is 10.3 Å². The van der Waals surface area contributed by atoms with E-state index in [0.29, 0.717) is 25.4 Å². The molecule has 7 nitrogen and oxygen atoms in total. The van der Waals surface area contributed by atoms with Gasteiger partial charge in [0, 0.05) is 30.9 Å². The molecule has 2 unspecified atom stereocenters. The maximum Gasteiger partial charge on any atom is 0.410 e. The van der Waals surface area contributed by atoms with E-state index in [4.69, 9.17) is 9.47 Å². The number of hydrogen-bond acceptors (Lipinski definition) is 5. The van der Waals surface area contributed by atoms with Gasteiger partial charge in [0.25, 0.3) is 0 Å². The van der Waals surface area contributed by atoms with E-state index in [-0.39, 0.29) is 30.6 Å². The van der Waals surface area contributed by atoms with Crippen molar-refractivity contribution in [2.75, 3.05) is 19.7 Å². The lowest BCUT2D eigenvalue weighted by Crippen LogP contribution is -2.54. The molecule has 0 spiro atoms. The highest BCUT2D eigenvalue weighted by Crippen LogP contribution is 2.24. The van der Waals surface area contributed by atoms with Crippen LogP contribution in [-0.2, 0) is 9.53 Å². The van der Waals surface area contributed by atoms with Crippen molar-refractivity contribution in [3.63, 3.8) is 0 Å². The predicted molar refractivity (Wildman–Crippen MR) is 117 cm³/mol. The third-order valence-corrected chi connectivity index (χ3v) is 5.22. The number of carbonyl (C=O) groups excluding carboxylic acids is 2. The lowest BCUT2D eigenvalue weighted by molar-refractivity contribution is -0.132. The number of ether oxygens (including phenoxy) is 2. The molecule has 0 aliphatic carbocycles. The van der Waals surface area contributed by atoms with Gasteiger partial charge in [-0.15, -0.1) is 0 Å². The quantitative estimate of drug-likeness (QED) is 0.784. The molecule has 1 aliphatic rings. The molecular weight excluding hydrogens is 382 g/mol. The summed E-state index contributed by atoms with van der Waals surface area (Å²) in [6.45, 7) is 16.7. The maximum atomic E-state index is 12.9. The summed E-state index contributed by atoms with van der Waals surface area (Å²) in [5.41, 5.74) is 0.805. The Morgan fingerprint density at radius 3 is 2.47 bits per heavy atom. The van der Waals surface area contributed by atoms with E-state index in [9.17, 15) is 9.59 Å². The minimum Gasteiger partial charge on any atom is -0.476 e. The van der Waals surface area contributed by atoms with E-state index in [1.807, 2.05) is 61.5 Å². The number of carbonyl (C=O) groups is 2. The number of rotatable bonds is 5. The molecule has 2 rings (SSSR count). The molecule has 7 heteroatoms. The lowest BCUT2D eigenvalue weighted by Gasteiger charge is -2.39. The molecule has 1 aromatic rings. The van der Waals surface area contributed by atoms with Gasteiger partial charge in [-0.25, -0.2) is 9.78 Å². The van der Waals surface area contributed by atoms with Crippen molar-refractivity contribution in [1.29, 1.82) is 0 Å². The number of piperidine rings is 1. The first-order valence-corrected chi connectivity index (χ1v) is 10.6. The smallest absolute Gasteiger partial charge is 0.410 e. The number of likely N-dealkylation sites (tertiary alicyclic amines) is 1. The highest BCUT2D eigenvalue weighted by molar-refractivity contribution is 5.82. The van der Waals surface area contributed by atoms with Crippen LogP contribution in [0.3, 0.4) is 0 Å². The van der Waals surface area contributed by atoms with Crippen molar-refractivity contribution in [3.05, 3.63) is 23.4 Å². The largest absolute Gasteiger partial charge is 0.476 e. The first-order valence-electron chi connectivity index (χ1n) is 10.6. The fourth-order valence-electron chi connectivity index (χ4n) is 3.38. The van der Waals surface area contributed by atoms with Gasteiger partial charge in [-0.3, -0.25) is 4.79 Å². The summed E-state index contributed by atoms with van der Waals surface area (Å²) in [5.74, 6) is 0.628. The van der Waals surface area contributed by atoms with Gasteiger partial charge in [-0.05, 0) is 72.4 Å². The third kappa shape index (κ3) is 6.61. The van der Waals surface area contributed by atoms with Crippen molar-refractivity contribution in [2.24, 2.45) is 11.3 Å². The molecule has 0 saturated carbocycles. The summed E-state index contributed by atoms with van der Waals surface area (Å²) in [6, 6.07) is 2.02. The first-order chi connectivity index (χ1) is 13.8. The Balaban J connectivity index is 1.89. The zero-order valence-corrected chi connectivity index (χ0v) is 19.7. The van der Waals surface area contributed by atoms with Crippen molar-refractivity contribution >= 4 is 12.0 Å². The third-order valence-electron chi connectivity index (χ3n) is 5.22. The normalized spacial score (nSPS) is 19.9. The topological polar surface area (TPSA) is 80.8 Å². The Kier molecular flexibility index (Phi) is 7.37. The SMILES string of the molecule is Cc1cnc(OCC(C)(C)C(=O)NC2CCN(C(=O)OC(C)(C)C)CC2C)c(C)c1. The first kappa shape index (κ1) is 24.0. The second kappa shape index (κ2) is 9.23. The van der Waals surface area contributed by atoms with Gasteiger partial charge in [0.1, 0.15) is 12.2 Å². The average molecular weight is 420 g/mol. The maximum absolute atomic E-state index is 12.9. The van der Waals surface area contributed by atoms with Crippen LogP contribution in [0.2, 0.25) is 0 Å². The minimum atomic E-state index is -0.707. The number of pyridine rings is 1.